The van der Waals surface area contributed by atoms with E-state index < -0.39 is 30.3 Å². The van der Waals surface area contributed by atoms with Gasteiger partial charge in [0.05, 0.1) is 12.3 Å². The number of amides is 1. The maximum Gasteiger partial charge on any atom is 0.264 e. The van der Waals surface area contributed by atoms with E-state index in [0.717, 1.165) is 24.6 Å². The third-order valence-electron chi connectivity index (χ3n) is 5.09. The van der Waals surface area contributed by atoms with Crippen molar-refractivity contribution in [3.8, 4) is 0 Å². The molecule has 0 aliphatic carbocycles. The molecule has 1 saturated heterocycles. The molecular formula is C20H20F3N5O2. The van der Waals surface area contributed by atoms with Gasteiger partial charge in [-0.25, -0.2) is 13.2 Å². The van der Waals surface area contributed by atoms with Gasteiger partial charge in [0.15, 0.2) is 5.82 Å². The second kappa shape index (κ2) is 9.04. The lowest BCUT2D eigenvalue weighted by Gasteiger charge is -2.16. The van der Waals surface area contributed by atoms with Crippen molar-refractivity contribution >= 4 is 29.7 Å². The number of carbonyl (C=O) groups is 1. The van der Waals surface area contributed by atoms with Crippen LogP contribution in [0.5, 0.6) is 0 Å². The summed E-state index contributed by atoms with van der Waals surface area (Å²) in [6.07, 6.45) is 0.913. The number of rotatable bonds is 8. The zero-order valence-corrected chi connectivity index (χ0v) is 15.8. The first kappa shape index (κ1) is 21.4. The molecule has 158 valence electrons. The standard InChI is InChI=1S/C20H20F3N5O2/c21-14-2-1-11(15(8-14)18(22)23)7-12-4-6-28(20(12)30)19-16(10-29)17(26-27-19)13(9-25)3-5-24/h1-3,5,8-9,12,18,24-25,29H,4,6-7,10H2,(H,26,27)/b13-3+,24-5?,25-9?. The lowest BCUT2D eigenvalue weighted by Crippen LogP contribution is -2.29. The van der Waals surface area contributed by atoms with E-state index in [0.29, 0.717) is 23.3 Å². The van der Waals surface area contributed by atoms with Crippen LogP contribution >= 0.6 is 0 Å². The van der Waals surface area contributed by atoms with Crippen LogP contribution in [0.3, 0.4) is 0 Å². The SMILES string of the molecule is N=C/C=C(\C=N)c1[nH]nc(N2CCC(Cc3ccc(F)cc3C(F)F)C2=O)c1CO. The fourth-order valence-electron chi connectivity index (χ4n) is 3.62. The molecule has 1 amide bonds. The van der Waals surface area contributed by atoms with Gasteiger partial charge in [0.25, 0.3) is 6.43 Å². The smallest absolute Gasteiger partial charge is 0.264 e. The van der Waals surface area contributed by atoms with Crippen molar-refractivity contribution in [3.63, 3.8) is 0 Å². The Kier molecular flexibility index (Phi) is 6.46. The lowest BCUT2D eigenvalue weighted by molar-refractivity contribution is -0.120. The number of benzene rings is 1. The van der Waals surface area contributed by atoms with Gasteiger partial charge in [-0.05, 0) is 36.6 Å². The van der Waals surface area contributed by atoms with E-state index in [9.17, 15) is 23.1 Å². The molecule has 3 rings (SSSR count). The maximum atomic E-state index is 13.3. The average molecular weight is 419 g/mol. The summed E-state index contributed by atoms with van der Waals surface area (Å²) in [6.45, 7) is -0.174. The number of H-pyrrole nitrogens is 1. The normalized spacial score (nSPS) is 17.1. The molecule has 1 aliphatic heterocycles. The van der Waals surface area contributed by atoms with E-state index in [1.165, 1.54) is 17.0 Å². The lowest BCUT2D eigenvalue weighted by atomic mass is 9.94. The average Bonchev–Trinajstić information content (AvgIpc) is 3.30. The number of hydrogen-bond donors (Lipinski definition) is 4. The number of allylic oxidation sites excluding steroid dienone is 2. The van der Waals surface area contributed by atoms with Gasteiger partial charge in [0.1, 0.15) is 5.82 Å². The molecule has 7 nitrogen and oxygen atoms in total. The van der Waals surface area contributed by atoms with E-state index in [-0.39, 0.29) is 30.3 Å². The monoisotopic (exact) mass is 419 g/mol. The summed E-state index contributed by atoms with van der Waals surface area (Å²) in [5, 5.41) is 31.2. The first-order chi connectivity index (χ1) is 14.4. The van der Waals surface area contributed by atoms with Gasteiger partial charge >= 0.3 is 0 Å². The predicted molar refractivity (Wildman–Crippen MR) is 106 cm³/mol. The van der Waals surface area contributed by atoms with Gasteiger partial charge < -0.3 is 15.9 Å². The van der Waals surface area contributed by atoms with Crippen LogP contribution in [-0.2, 0) is 17.8 Å². The van der Waals surface area contributed by atoms with Crippen molar-refractivity contribution in [3.05, 3.63) is 52.5 Å². The number of aliphatic hydroxyl groups is 1. The molecule has 1 aromatic heterocycles. The van der Waals surface area contributed by atoms with Crippen molar-refractivity contribution in [2.75, 3.05) is 11.4 Å². The van der Waals surface area contributed by atoms with Crippen LogP contribution in [0.15, 0.2) is 24.3 Å². The van der Waals surface area contributed by atoms with Crippen molar-refractivity contribution in [2.45, 2.75) is 25.9 Å². The second-order valence-electron chi connectivity index (χ2n) is 6.82. The number of aromatic nitrogens is 2. The van der Waals surface area contributed by atoms with Crippen LogP contribution < -0.4 is 4.90 Å². The topological polar surface area (TPSA) is 117 Å². The summed E-state index contributed by atoms with van der Waals surface area (Å²) in [5.41, 5.74) is 0.726. The van der Waals surface area contributed by atoms with E-state index in [2.05, 4.69) is 10.2 Å². The second-order valence-corrected chi connectivity index (χ2v) is 6.82. The highest BCUT2D eigenvalue weighted by Gasteiger charge is 2.36. The highest BCUT2D eigenvalue weighted by molar-refractivity contribution is 6.12. The van der Waals surface area contributed by atoms with Crippen molar-refractivity contribution in [1.29, 1.82) is 10.8 Å². The van der Waals surface area contributed by atoms with Crippen LogP contribution in [-0.4, -0.2) is 40.2 Å². The molecule has 10 heteroatoms. The molecule has 1 atom stereocenters. The molecule has 0 radical (unpaired) electrons. The minimum absolute atomic E-state index is 0.0421. The Morgan fingerprint density at radius 2 is 2.17 bits per heavy atom. The number of nitrogens with zero attached hydrogens (tertiary/aromatic N) is 2. The Hall–Kier alpha value is -3.27. The van der Waals surface area contributed by atoms with Gasteiger partial charge in [0, 0.05) is 41.6 Å². The summed E-state index contributed by atoms with van der Waals surface area (Å²) in [5.74, 6) is -1.48. The van der Waals surface area contributed by atoms with Crippen LogP contribution in [0.25, 0.3) is 5.57 Å². The Morgan fingerprint density at radius 3 is 2.80 bits per heavy atom. The Balaban J connectivity index is 1.86. The number of halogens is 3. The molecule has 4 N–H and O–H groups in total. The number of alkyl halides is 2. The van der Waals surface area contributed by atoms with Gasteiger partial charge in [-0.15, -0.1) is 0 Å². The summed E-state index contributed by atoms with van der Waals surface area (Å²) < 4.78 is 39.8. The van der Waals surface area contributed by atoms with Crippen molar-refractivity contribution in [1.82, 2.24) is 10.2 Å². The van der Waals surface area contributed by atoms with E-state index in [1.807, 2.05) is 0 Å². The van der Waals surface area contributed by atoms with Gasteiger partial charge in [-0.2, -0.15) is 5.10 Å². The zero-order valence-electron chi connectivity index (χ0n) is 15.8. The van der Waals surface area contributed by atoms with Crippen molar-refractivity contribution in [2.24, 2.45) is 5.92 Å². The van der Waals surface area contributed by atoms with Gasteiger partial charge in [-0.1, -0.05) is 6.07 Å². The number of carbonyl (C=O) groups excluding carboxylic acids is 1. The molecular weight excluding hydrogens is 399 g/mol. The molecule has 0 spiro atoms. The molecule has 1 aromatic carbocycles. The quantitative estimate of drug-likeness (QED) is 0.492. The Bertz CT molecular complexity index is 1000. The van der Waals surface area contributed by atoms with E-state index in [1.54, 1.807) is 0 Å². The van der Waals surface area contributed by atoms with Crippen molar-refractivity contribution < 1.29 is 23.1 Å². The minimum atomic E-state index is -2.85. The fraction of sp³-hybridized carbons (Fsp3) is 0.300. The first-order valence-electron chi connectivity index (χ1n) is 9.18. The maximum absolute atomic E-state index is 13.3. The molecule has 0 bridgehead atoms. The highest BCUT2D eigenvalue weighted by Crippen LogP contribution is 2.33. The Morgan fingerprint density at radius 1 is 1.40 bits per heavy atom. The predicted octanol–water partition coefficient (Wildman–Crippen LogP) is 3.26. The van der Waals surface area contributed by atoms with Crippen LogP contribution in [0, 0.1) is 22.6 Å². The van der Waals surface area contributed by atoms with Crippen LogP contribution in [0.1, 0.15) is 35.2 Å². The molecule has 2 heterocycles. The van der Waals surface area contributed by atoms with E-state index >= 15 is 0 Å². The number of aliphatic hydroxyl groups excluding tert-OH is 1. The molecule has 0 saturated carbocycles. The fourth-order valence-corrected chi connectivity index (χ4v) is 3.62. The van der Waals surface area contributed by atoms with Crippen LogP contribution in [0.4, 0.5) is 19.0 Å². The molecule has 1 fully saturated rings. The van der Waals surface area contributed by atoms with Gasteiger partial charge in [-0.3, -0.25) is 14.8 Å². The number of aromatic amines is 1. The first-order valence-corrected chi connectivity index (χ1v) is 9.18. The Labute approximate surface area is 170 Å². The summed E-state index contributed by atoms with van der Waals surface area (Å²) in [6, 6.07) is 3.16. The largest absolute Gasteiger partial charge is 0.391 e. The summed E-state index contributed by atoms with van der Waals surface area (Å²) >= 11 is 0. The molecule has 30 heavy (non-hydrogen) atoms. The van der Waals surface area contributed by atoms with Gasteiger partial charge in [0.2, 0.25) is 5.91 Å². The van der Waals surface area contributed by atoms with Crippen LogP contribution in [0.2, 0.25) is 0 Å². The molecule has 1 unspecified atom stereocenters. The number of anilines is 1. The third kappa shape index (κ3) is 4.04. The summed E-state index contributed by atoms with van der Waals surface area (Å²) in [4.78, 5) is 14.3. The third-order valence-corrected chi connectivity index (χ3v) is 5.09. The van der Waals surface area contributed by atoms with E-state index in [4.69, 9.17) is 10.8 Å². The zero-order chi connectivity index (χ0) is 21.8. The highest BCUT2D eigenvalue weighted by atomic mass is 19.3. The molecule has 1 aliphatic rings. The summed E-state index contributed by atoms with van der Waals surface area (Å²) in [7, 11) is 0. The minimum Gasteiger partial charge on any atom is -0.391 e. The number of hydrogen-bond acceptors (Lipinski definition) is 5. The molecule has 2 aromatic rings. The number of nitrogens with one attached hydrogen (secondary N) is 3.